The van der Waals surface area contributed by atoms with Crippen molar-refractivity contribution in [2.45, 2.75) is 31.3 Å². The van der Waals surface area contributed by atoms with E-state index in [9.17, 15) is 4.39 Å². The molecule has 112 valence electrons. The van der Waals surface area contributed by atoms with Crippen molar-refractivity contribution in [1.29, 1.82) is 0 Å². The van der Waals surface area contributed by atoms with Crippen LogP contribution in [-0.2, 0) is 5.41 Å². The molecule has 0 aliphatic carbocycles. The van der Waals surface area contributed by atoms with Gasteiger partial charge in [0.1, 0.15) is 5.82 Å². The lowest BCUT2D eigenvalue weighted by Gasteiger charge is -2.19. The van der Waals surface area contributed by atoms with Crippen LogP contribution in [0.2, 0.25) is 0 Å². The molecule has 0 unspecified atom stereocenters. The normalized spacial score (nSPS) is 14.2. The van der Waals surface area contributed by atoms with Gasteiger partial charge in [-0.1, -0.05) is 44.7 Å². The second-order valence-corrected chi connectivity index (χ2v) is 6.65. The Balaban J connectivity index is 0.00000161. The molecule has 0 atom stereocenters. The van der Waals surface area contributed by atoms with E-state index in [1.165, 1.54) is 12.1 Å². The van der Waals surface area contributed by atoms with Crippen molar-refractivity contribution in [1.82, 2.24) is 14.9 Å². The molecule has 0 saturated heterocycles. The summed E-state index contributed by atoms with van der Waals surface area (Å²) < 4.78 is 14.8. The van der Waals surface area contributed by atoms with Gasteiger partial charge < -0.3 is 0 Å². The van der Waals surface area contributed by atoms with Crippen LogP contribution in [0.4, 0.5) is 4.39 Å². The zero-order chi connectivity index (χ0) is 14.3. The van der Waals surface area contributed by atoms with Gasteiger partial charge in [0, 0.05) is 11.2 Å². The summed E-state index contributed by atoms with van der Waals surface area (Å²) in [5.74, 6) is 1.31. The Bertz CT molecular complexity index is 673. The quantitative estimate of drug-likeness (QED) is 0.769. The molecule has 21 heavy (non-hydrogen) atoms. The number of aromatic nitrogens is 3. The van der Waals surface area contributed by atoms with Crippen molar-refractivity contribution in [3.63, 3.8) is 0 Å². The molecule has 2 aromatic rings. The van der Waals surface area contributed by atoms with E-state index in [1.54, 1.807) is 28.6 Å². The van der Waals surface area contributed by atoms with Gasteiger partial charge in [-0.3, -0.25) is 0 Å². The summed E-state index contributed by atoms with van der Waals surface area (Å²) in [5, 5.41) is 13.9. The maximum Gasteiger partial charge on any atom is 0.212 e. The van der Waals surface area contributed by atoms with Crippen molar-refractivity contribution in [3.8, 4) is 0 Å². The molecular formula is C14H16BrFN4S. The second-order valence-electron chi connectivity index (χ2n) is 5.71. The predicted octanol–water partition coefficient (Wildman–Crippen LogP) is 3.65. The van der Waals surface area contributed by atoms with Crippen molar-refractivity contribution in [2.75, 3.05) is 5.75 Å². The van der Waals surface area contributed by atoms with Gasteiger partial charge in [0.25, 0.3) is 0 Å². The van der Waals surface area contributed by atoms with E-state index in [0.717, 1.165) is 22.3 Å². The number of fused-ring (bicyclic) bond motifs is 1. The van der Waals surface area contributed by atoms with Crippen LogP contribution in [0.25, 0.3) is 0 Å². The Morgan fingerprint density at radius 3 is 2.43 bits per heavy atom. The number of rotatable bonds is 1. The SMILES string of the molecule is Br.CC(C)(C)c1nnc2n1N=C(c1ccc(F)cc1)CS2. The topological polar surface area (TPSA) is 43.1 Å². The van der Waals surface area contributed by atoms with Gasteiger partial charge >= 0.3 is 0 Å². The van der Waals surface area contributed by atoms with Gasteiger partial charge in [-0.2, -0.15) is 9.78 Å². The first kappa shape index (κ1) is 16.2. The maximum absolute atomic E-state index is 13.0. The molecule has 1 aliphatic rings. The van der Waals surface area contributed by atoms with E-state index in [4.69, 9.17) is 0 Å². The van der Waals surface area contributed by atoms with Crippen LogP contribution in [0.3, 0.4) is 0 Å². The third-order valence-electron chi connectivity index (χ3n) is 3.02. The largest absolute Gasteiger partial charge is 0.212 e. The summed E-state index contributed by atoms with van der Waals surface area (Å²) in [6, 6.07) is 6.41. The zero-order valence-electron chi connectivity index (χ0n) is 12.0. The van der Waals surface area contributed by atoms with Gasteiger partial charge in [-0.15, -0.1) is 27.2 Å². The van der Waals surface area contributed by atoms with Crippen LogP contribution in [0.1, 0.15) is 32.2 Å². The number of nitrogens with zero attached hydrogens (tertiary/aromatic N) is 4. The molecule has 0 saturated carbocycles. The molecule has 1 aromatic heterocycles. The van der Waals surface area contributed by atoms with E-state index in [0.29, 0.717) is 5.75 Å². The Kier molecular flexibility index (Phi) is 4.53. The molecule has 0 bridgehead atoms. The first-order chi connectivity index (χ1) is 9.45. The van der Waals surface area contributed by atoms with Crippen LogP contribution in [0, 0.1) is 5.82 Å². The fourth-order valence-electron chi connectivity index (χ4n) is 1.98. The lowest BCUT2D eigenvalue weighted by atomic mass is 9.96. The fraction of sp³-hybridized carbons (Fsp3) is 0.357. The molecule has 4 nitrogen and oxygen atoms in total. The lowest BCUT2D eigenvalue weighted by Crippen LogP contribution is -2.21. The highest BCUT2D eigenvalue weighted by atomic mass is 79.9. The van der Waals surface area contributed by atoms with Crippen LogP contribution in [0.15, 0.2) is 34.5 Å². The third-order valence-corrected chi connectivity index (χ3v) is 3.95. The summed E-state index contributed by atoms with van der Waals surface area (Å²) in [6.07, 6.45) is 0. The Morgan fingerprint density at radius 2 is 1.81 bits per heavy atom. The Hall–Kier alpha value is -1.21. The van der Waals surface area contributed by atoms with E-state index < -0.39 is 0 Å². The first-order valence-corrected chi connectivity index (χ1v) is 7.36. The first-order valence-electron chi connectivity index (χ1n) is 6.37. The van der Waals surface area contributed by atoms with Crippen LogP contribution < -0.4 is 0 Å². The number of halogens is 2. The fourth-order valence-corrected chi connectivity index (χ4v) is 2.82. The van der Waals surface area contributed by atoms with Crippen molar-refractivity contribution < 1.29 is 4.39 Å². The monoisotopic (exact) mass is 370 g/mol. The molecule has 0 radical (unpaired) electrons. The third kappa shape index (κ3) is 3.18. The number of benzene rings is 1. The number of hydrogen-bond acceptors (Lipinski definition) is 4. The van der Waals surface area contributed by atoms with Crippen LogP contribution in [0.5, 0.6) is 0 Å². The summed E-state index contributed by atoms with van der Waals surface area (Å²) in [5.41, 5.74) is 1.71. The molecule has 0 N–H and O–H groups in total. The molecular weight excluding hydrogens is 355 g/mol. The second kappa shape index (κ2) is 5.88. The van der Waals surface area contributed by atoms with Gasteiger partial charge in [0.15, 0.2) is 5.82 Å². The number of hydrogen-bond donors (Lipinski definition) is 0. The van der Waals surface area contributed by atoms with Gasteiger partial charge in [-0.05, 0) is 17.7 Å². The molecule has 2 heterocycles. The van der Waals surface area contributed by atoms with Crippen LogP contribution >= 0.6 is 28.7 Å². The van der Waals surface area contributed by atoms with Crippen molar-refractivity contribution in [3.05, 3.63) is 41.5 Å². The predicted molar refractivity (Wildman–Crippen MR) is 88.1 cm³/mol. The lowest BCUT2D eigenvalue weighted by molar-refractivity contribution is 0.509. The Labute approximate surface area is 137 Å². The van der Waals surface area contributed by atoms with Gasteiger partial charge in [0.05, 0.1) is 5.71 Å². The minimum Gasteiger partial charge on any atom is -0.207 e. The summed E-state index contributed by atoms with van der Waals surface area (Å²) in [7, 11) is 0. The minimum atomic E-state index is -0.238. The molecule has 0 spiro atoms. The van der Waals surface area contributed by atoms with E-state index in [2.05, 4.69) is 36.1 Å². The van der Waals surface area contributed by atoms with Crippen LogP contribution in [-0.4, -0.2) is 26.3 Å². The Morgan fingerprint density at radius 1 is 1.14 bits per heavy atom. The summed E-state index contributed by atoms with van der Waals surface area (Å²) >= 11 is 1.60. The molecule has 3 rings (SSSR count). The average Bonchev–Trinajstić information content (AvgIpc) is 2.82. The smallest absolute Gasteiger partial charge is 0.207 e. The van der Waals surface area contributed by atoms with Gasteiger partial charge in [-0.25, -0.2) is 4.39 Å². The van der Waals surface area contributed by atoms with Crippen molar-refractivity contribution in [2.24, 2.45) is 5.10 Å². The van der Waals surface area contributed by atoms with Crippen molar-refractivity contribution >= 4 is 34.5 Å². The van der Waals surface area contributed by atoms with Gasteiger partial charge in [0.2, 0.25) is 5.16 Å². The minimum absolute atomic E-state index is 0. The highest BCUT2D eigenvalue weighted by molar-refractivity contribution is 8.93. The molecule has 7 heteroatoms. The highest BCUT2D eigenvalue weighted by Crippen LogP contribution is 2.29. The molecule has 0 fully saturated rings. The average molecular weight is 371 g/mol. The number of thioether (sulfide) groups is 1. The van der Waals surface area contributed by atoms with E-state index in [1.807, 2.05) is 0 Å². The molecule has 1 aromatic carbocycles. The zero-order valence-corrected chi connectivity index (χ0v) is 14.5. The maximum atomic E-state index is 13.0. The standard InChI is InChI=1S/C14H15FN4S.BrH/c1-14(2,3)12-16-17-13-19(12)18-11(8-20-13)9-4-6-10(15)7-5-9;/h4-7H,8H2,1-3H3;1H. The highest BCUT2D eigenvalue weighted by Gasteiger charge is 2.27. The van der Waals surface area contributed by atoms with E-state index in [-0.39, 0.29) is 28.2 Å². The van der Waals surface area contributed by atoms with E-state index >= 15 is 0 Å². The summed E-state index contributed by atoms with van der Waals surface area (Å²) in [4.78, 5) is 0. The molecule has 0 amide bonds. The summed E-state index contributed by atoms with van der Waals surface area (Å²) in [6.45, 7) is 6.24. The molecule has 1 aliphatic heterocycles.